The summed E-state index contributed by atoms with van der Waals surface area (Å²) in [6.07, 6.45) is 0.217. The highest BCUT2D eigenvalue weighted by atomic mass is 35.5. The van der Waals surface area contributed by atoms with Crippen LogP contribution in [0.25, 0.3) is 0 Å². The van der Waals surface area contributed by atoms with E-state index >= 15 is 0 Å². The van der Waals surface area contributed by atoms with Gasteiger partial charge in [0.1, 0.15) is 5.84 Å². The van der Waals surface area contributed by atoms with Crippen molar-refractivity contribution in [3.63, 3.8) is 0 Å². The number of fused-ring (bicyclic) bond motifs is 1. The summed E-state index contributed by atoms with van der Waals surface area (Å²) in [5.41, 5.74) is 0.554. The van der Waals surface area contributed by atoms with E-state index in [0.717, 1.165) is 32.7 Å². The first-order valence-corrected chi connectivity index (χ1v) is 10.3. The summed E-state index contributed by atoms with van der Waals surface area (Å²) < 4.78 is 26.6. The van der Waals surface area contributed by atoms with Crippen LogP contribution in [0, 0.1) is 0 Å². The number of benzene rings is 1. The highest BCUT2D eigenvalue weighted by Gasteiger charge is 2.30. The number of rotatable bonds is 6. The first kappa shape index (κ1) is 21.6. The van der Waals surface area contributed by atoms with Crippen molar-refractivity contribution in [2.75, 3.05) is 39.3 Å². The van der Waals surface area contributed by atoms with Gasteiger partial charge in [-0.1, -0.05) is 12.1 Å². The normalized spacial score (nSPS) is 21.0. The van der Waals surface area contributed by atoms with E-state index in [4.69, 9.17) is 0 Å². The maximum Gasteiger partial charge on any atom is 0.263 e. The first-order valence-electron chi connectivity index (χ1n) is 8.85. The molecule has 27 heavy (non-hydrogen) atoms. The van der Waals surface area contributed by atoms with Crippen molar-refractivity contribution in [3.05, 3.63) is 29.8 Å². The van der Waals surface area contributed by atoms with Gasteiger partial charge >= 0.3 is 0 Å². The topological polar surface area (TPSA) is 103 Å². The van der Waals surface area contributed by atoms with E-state index in [1.54, 1.807) is 31.2 Å². The molecule has 0 aliphatic carbocycles. The van der Waals surface area contributed by atoms with E-state index < -0.39 is 10.0 Å². The molecule has 0 aromatic heterocycles. The summed E-state index contributed by atoms with van der Waals surface area (Å²) in [5.74, 6) is 0.229. The second kappa shape index (κ2) is 9.50. The van der Waals surface area contributed by atoms with Crippen molar-refractivity contribution < 1.29 is 13.2 Å². The molecule has 0 spiro atoms. The number of hydrogen-bond acceptors (Lipinski definition) is 6. The number of amidine groups is 1. The Labute approximate surface area is 166 Å². The number of amides is 1. The molecule has 3 N–H and O–H groups in total. The van der Waals surface area contributed by atoms with Crippen molar-refractivity contribution in [1.29, 1.82) is 0 Å². The molecular weight excluding hydrogens is 390 g/mol. The molecule has 1 fully saturated rings. The highest BCUT2D eigenvalue weighted by molar-refractivity contribution is 7.90. The number of nitrogens with zero attached hydrogens (tertiary/aromatic N) is 2. The summed E-state index contributed by atoms with van der Waals surface area (Å²) in [6, 6.07) is 6.39. The van der Waals surface area contributed by atoms with E-state index in [2.05, 4.69) is 25.2 Å². The Morgan fingerprint density at radius 2 is 2.00 bits per heavy atom. The van der Waals surface area contributed by atoms with E-state index in [1.807, 2.05) is 0 Å². The Balaban J connectivity index is 0.00000261. The Morgan fingerprint density at radius 3 is 2.74 bits per heavy atom. The van der Waals surface area contributed by atoms with Gasteiger partial charge in [-0.25, -0.2) is 8.42 Å². The molecule has 1 saturated heterocycles. The molecule has 150 valence electrons. The number of carbonyl (C=O) groups excluding carboxylic acids is 1. The van der Waals surface area contributed by atoms with Crippen LogP contribution in [0.15, 0.2) is 34.2 Å². The Bertz CT molecular complexity index is 794. The monoisotopic (exact) mass is 415 g/mol. The third-order valence-electron chi connectivity index (χ3n) is 4.45. The van der Waals surface area contributed by atoms with Crippen LogP contribution >= 0.6 is 12.4 Å². The zero-order chi connectivity index (χ0) is 18.6. The summed E-state index contributed by atoms with van der Waals surface area (Å²) in [4.78, 5) is 19.0. The number of sulfonamides is 1. The third kappa shape index (κ3) is 5.65. The summed E-state index contributed by atoms with van der Waals surface area (Å²) in [6.45, 7) is 7.22. The Morgan fingerprint density at radius 1 is 1.30 bits per heavy atom. The van der Waals surface area contributed by atoms with Gasteiger partial charge in [0.05, 0.1) is 10.9 Å². The molecule has 1 aromatic rings. The van der Waals surface area contributed by atoms with Crippen molar-refractivity contribution in [3.8, 4) is 0 Å². The van der Waals surface area contributed by atoms with Crippen LogP contribution in [0.5, 0.6) is 0 Å². The average molecular weight is 416 g/mol. The molecule has 1 unspecified atom stereocenters. The number of carbonyl (C=O) groups is 1. The molecule has 0 radical (unpaired) electrons. The van der Waals surface area contributed by atoms with Gasteiger partial charge in [-0.05, 0) is 19.1 Å². The standard InChI is InChI=1S/C17H25N5O3S.ClH/c1-13(12-16(23)19-8-11-22-9-6-18-7-10-22)20-17-14-4-2-3-5-15(14)26(24,25)21-17;/h2-5,13,18H,6-12H2,1H3,(H,19,23)(H,20,21);1H. The molecule has 1 atom stereocenters. The number of piperazine rings is 1. The van der Waals surface area contributed by atoms with Crippen molar-refractivity contribution in [2.24, 2.45) is 4.99 Å². The minimum atomic E-state index is -3.55. The molecule has 2 aliphatic rings. The minimum Gasteiger partial charge on any atom is -0.355 e. The second-order valence-corrected chi connectivity index (χ2v) is 8.22. The number of nitrogens with one attached hydrogen (secondary N) is 3. The average Bonchev–Trinajstić information content (AvgIpc) is 2.86. The molecule has 1 amide bonds. The molecule has 2 heterocycles. The lowest BCUT2D eigenvalue weighted by molar-refractivity contribution is -0.121. The highest BCUT2D eigenvalue weighted by Crippen LogP contribution is 2.22. The van der Waals surface area contributed by atoms with E-state index in [9.17, 15) is 13.2 Å². The van der Waals surface area contributed by atoms with Crippen molar-refractivity contribution in [1.82, 2.24) is 20.3 Å². The largest absolute Gasteiger partial charge is 0.355 e. The van der Waals surface area contributed by atoms with Crippen molar-refractivity contribution in [2.45, 2.75) is 24.3 Å². The number of halogens is 1. The predicted molar refractivity (Wildman–Crippen MR) is 107 cm³/mol. The summed E-state index contributed by atoms with van der Waals surface area (Å²) >= 11 is 0. The molecule has 2 aliphatic heterocycles. The van der Waals surface area contributed by atoms with Crippen LogP contribution in [-0.2, 0) is 14.8 Å². The van der Waals surface area contributed by atoms with Gasteiger partial charge in [-0.15, -0.1) is 12.4 Å². The fourth-order valence-corrected chi connectivity index (χ4v) is 4.36. The Kier molecular flexibility index (Phi) is 7.60. The zero-order valence-electron chi connectivity index (χ0n) is 15.3. The number of aliphatic imine (C=N–C) groups is 1. The van der Waals surface area contributed by atoms with Crippen LogP contribution in [-0.4, -0.2) is 70.4 Å². The molecule has 1 aromatic carbocycles. The molecule has 3 rings (SSSR count). The smallest absolute Gasteiger partial charge is 0.263 e. The molecule has 8 nitrogen and oxygen atoms in total. The van der Waals surface area contributed by atoms with Crippen LogP contribution in [0.3, 0.4) is 0 Å². The fraction of sp³-hybridized carbons (Fsp3) is 0.529. The lowest BCUT2D eigenvalue weighted by atomic mass is 10.2. The molecule has 0 bridgehead atoms. The maximum absolute atomic E-state index is 12.1. The van der Waals surface area contributed by atoms with E-state index in [1.165, 1.54) is 0 Å². The number of hydrogen-bond donors (Lipinski definition) is 3. The predicted octanol–water partition coefficient (Wildman–Crippen LogP) is -0.0531. The second-order valence-electron chi connectivity index (χ2n) is 6.57. The first-order chi connectivity index (χ1) is 12.5. The summed E-state index contributed by atoms with van der Waals surface area (Å²) in [7, 11) is -3.55. The van der Waals surface area contributed by atoms with Crippen LogP contribution in [0.2, 0.25) is 0 Å². The van der Waals surface area contributed by atoms with E-state index in [-0.39, 0.29) is 35.7 Å². The SMILES string of the molecule is CC(CC(=O)NCCN1CCNCC1)N=C1NS(=O)(=O)c2ccccc21.Cl. The van der Waals surface area contributed by atoms with Gasteiger partial charge in [0.2, 0.25) is 5.91 Å². The van der Waals surface area contributed by atoms with Gasteiger partial charge in [0.25, 0.3) is 10.0 Å². The van der Waals surface area contributed by atoms with Crippen LogP contribution < -0.4 is 15.4 Å². The summed E-state index contributed by atoms with van der Waals surface area (Å²) in [5, 5.41) is 6.21. The quantitative estimate of drug-likeness (QED) is 0.604. The third-order valence-corrected chi connectivity index (χ3v) is 5.85. The lowest BCUT2D eigenvalue weighted by Crippen LogP contribution is -2.46. The zero-order valence-corrected chi connectivity index (χ0v) is 16.9. The van der Waals surface area contributed by atoms with Gasteiger partial charge in [-0.3, -0.25) is 19.4 Å². The van der Waals surface area contributed by atoms with Gasteiger partial charge < -0.3 is 10.6 Å². The van der Waals surface area contributed by atoms with Gasteiger partial charge in [-0.2, -0.15) is 0 Å². The molecular formula is C17H26ClN5O3S. The lowest BCUT2D eigenvalue weighted by Gasteiger charge is -2.27. The van der Waals surface area contributed by atoms with E-state index in [0.29, 0.717) is 17.9 Å². The molecule has 10 heteroatoms. The van der Waals surface area contributed by atoms with Crippen LogP contribution in [0.4, 0.5) is 0 Å². The minimum absolute atomic E-state index is 0. The maximum atomic E-state index is 12.1. The molecule has 0 saturated carbocycles. The van der Waals surface area contributed by atoms with Gasteiger partial charge in [0.15, 0.2) is 0 Å². The van der Waals surface area contributed by atoms with Crippen LogP contribution in [0.1, 0.15) is 18.9 Å². The Hall–Kier alpha value is -1.68. The fourth-order valence-electron chi connectivity index (χ4n) is 3.12. The van der Waals surface area contributed by atoms with Crippen molar-refractivity contribution >= 4 is 34.2 Å². The van der Waals surface area contributed by atoms with Gasteiger partial charge in [0, 0.05) is 51.3 Å².